The molecule has 1 atom stereocenters. The third-order valence-electron chi connectivity index (χ3n) is 2.87. The van der Waals surface area contributed by atoms with Crippen molar-refractivity contribution in [3.8, 4) is 0 Å². The summed E-state index contributed by atoms with van der Waals surface area (Å²) in [5, 5.41) is 10.6. The number of hydrogen-bond acceptors (Lipinski definition) is 1. The first-order valence-corrected chi connectivity index (χ1v) is 5.78. The average Bonchev–Trinajstić information content (AvgIpc) is 2.24. The van der Waals surface area contributed by atoms with Crippen LogP contribution >= 0.6 is 11.6 Å². The van der Waals surface area contributed by atoms with Crippen LogP contribution in [-0.2, 0) is 0 Å². The van der Waals surface area contributed by atoms with Crippen LogP contribution in [0.5, 0.6) is 0 Å². The molecule has 0 aliphatic heterocycles. The van der Waals surface area contributed by atoms with Gasteiger partial charge < -0.3 is 5.11 Å². The van der Waals surface area contributed by atoms with E-state index in [2.05, 4.69) is 0 Å². The molecule has 1 N–H and O–H groups in total. The molecular formula is C13H15ClO. The Balaban J connectivity index is 2.25. The van der Waals surface area contributed by atoms with Gasteiger partial charge in [0, 0.05) is 5.02 Å². The van der Waals surface area contributed by atoms with Crippen LogP contribution in [0, 0.1) is 0 Å². The number of halogens is 1. The Bertz CT molecular complexity index is 371. The van der Waals surface area contributed by atoms with Crippen LogP contribution in [0.15, 0.2) is 29.8 Å². The molecule has 0 amide bonds. The second-order valence-electron chi connectivity index (χ2n) is 4.00. The van der Waals surface area contributed by atoms with E-state index < -0.39 is 0 Å². The average molecular weight is 223 g/mol. The van der Waals surface area contributed by atoms with Gasteiger partial charge in [0.15, 0.2) is 0 Å². The lowest BCUT2D eigenvalue weighted by Crippen LogP contribution is -2.14. The van der Waals surface area contributed by atoms with E-state index in [9.17, 15) is 5.11 Å². The summed E-state index contributed by atoms with van der Waals surface area (Å²) < 4.78 is 0. The Morgan fingerprint density at radius 1 is 1.27 bits per heavy atom. The van der Waals surface area contributed by atoms with E-state index in [1.165, 1.54) is 6.42 Å². The molecule has 1 aliphatic carbocycles. The fourth-order valence-electron chi connectivity index (χ4n) is 1.98. The molecule has 1 unspecified atom stereocenters. The summed E-state index contributed by atoms with van der Waals surface area (Å²) in [5.41, 5.74) is 2.13. The summed E-state index contributed by atoms with van der Waals surface area (Å²) in [5.74, 6) is 0. The lowest BCUT2D eigenvalue weighted by molar-refractivity contribution is 0.180. The van der Waals surface area contributed by atoms with Crippen LogP contribution in [-0.4, -0.2) is 11.2 Å². The summed E-state index contributed by atoms with van der Waals surface area (Å²) >= 11 is 6.06. The molecule has 0 heterocycles. The van der Waals surface area contributed by atoms with Crippen molar-refractivity contribution in [1.29, 1.82) is 0 Å². The second-order valence-corrected chi connectivity index (χ2v) is 4.41. The predicted octanol–water partition coefficient (Wildman–Crippen LogP) is 3.66. The van der Waals surface area contributed by atoms with Gasteiger partial charge in [-0.15, -0.1) is 0 Å². The van der Waals surface area contributed by atoms with E-state index >= 15 is 0 Å². The van der Waals surface area contributed by atoms with Crippen LogP contribution in [0.25, 0.3) is 6.08 Å². The van der Waals surface area contributed by atoms with Gasteiger partial charge in [-0.25, -0.2) is 0 Å². The molecule has 1 fully saturated rings. The first-order valence-electron chi connectivity index (χ1n) is 5.40. The van der Waals surface area contributed by atoms with E-state index in [4.69, 9.17) is 11.6 Å². The zero-order valence-electron chi connectivity index (χ0n) is 8.62. The van der Waals surface area contributed by atoms with Crippen LogP contribution in [0.4, 0.5) is 0 Å². The second kappa shape index (κ2) is 4.82. The first-order chi connectivity index (χ1) is 7.27. The maximum atomic E-state index is 9.81. The van der Waals surface area contributed by atoms with Gasteiger partial charge in [0.1, 0.15) is 0 Å². The van der Waals surface area contributed by atoms with Crippen molar-refractivity contribution in [2.45, 2.75) is 31.8 Å². The van der Waals surface area contributed by atoms with E-state index in [1.807, 2.05) is 30.3 Å². The molecule has 2 rings (SSSR count). The lowest BCUT2D eigenvalue weighted by atomic mass is 9.91. The molecule has 1 saturated carbocycles. The van der Waals surface area contributed by atoms with Crippen molar-refractivity contribution in [3.05, 3.63) is 40.4 Å². The van der Waals surface area contributed by atoms with Crippen LogP contribution in [0.3, 0.4) is 0 Å². The standard InChI is InChI=1S/C13H15ClO/c14-12-7-3-1-5-10(12)9-11-6-2-4-8-13(11)15/h1,3,5,7,9,13,15H,2,4,6,8H2/b11-9+. The van der Waals surface area contributed by atoms with E-state index in [-0.39, 0.29) is 6.10 Å². The van der Waals surface area contributed by atoms with Crippen LogP contribution < -0.4 is 0 Å². The van der Waals surface area contributed by atoms with Crippen molar-refractivity contribution in [3.63, 3.8) is 0 Å². The summed E-state index contributed by atoms with van der Waals surface area (Å²) in [6.45, 7) is 0. The highest BCUT2D eigenvalue weighted by atomic mass is 35.5. The molecule has 80 valence electrons. The van der Waals surface area contributed by atoms with E-state index in [0.29, 0.717) is 0 Å². The van der Waals surface area contributed by atoms with Gasteiger partial charge in [-0.3, -0.25) is 0 Å². The van der Waals surface area contributed by atoms with Gasteiger partial charge in [0.05, 0.1) is 6.10 Å². The molecule has 0 aromatic heterocycles. The fraction of sp³-hybridized carbons (Fsp3) is 0.385. The number of hydrogen-bond donors (Lipinski definition) is 1. The predicted molar refractivity (Wildman–Crippen MR) is 63.9 cm³/mol. The Hall–Kier alpha value is -0.790. The SMILES string of the molecule is OC1CCCC/C1=C\c1ccccc1Cl. The van der Waals surface area contributed by atoms with Crippen molar-refractivity contribution in [2.24, 2.45) is 0 Å². The number of rotatable bonds is 1. The van der Waals surface area contributed by atoms with E-state index in [1.54, 1.807) is 0 Å². The molecule has 0 bridgehead atoms. The summed E-state index contributed by atoms with van der Waals surface area (Å²) in [6, 6.07) is 7.74. The Morgan fingerprint density at radius 2 is 2.07 bits per heavy atom. The smallest absolute Gasteiger partial charge is 0.0753 e. The van der Waals surface area contributed by atoms with Crippen LogP contribution in [0.1, 0.15) is 31.2 Å². The zero-order valence-corrected chi connectivity index (χ0v) is 9.37. The van der Waals surface area contributed by atoms with Crippen molar-refractivity contribution in [2.75, 3.05) is 0 Å². The fourth-order valence-corrected chi connectivity index (χ4v) is 2.17. The Kier molecular flexibility index (Phi) is 3.45. The van der Waals surface area contributed by atoms with Gasteiger partial charge in [0.25, 0.3) is 0 Å². The molecule has 1 aliphatic rings. The van der Waals surface area contributed by atoms with Crippen LogP contribution in [0.2, 0.25) is 5.02 Å². The zero-order chi connectivity index (χ0) is 10.7. The molecule has 1 aromatic carbocycles. The maximum Gasteiger partial charge on any atom is 0.0753 e. The third kappa shape index (κ3) is 2.61. The minimum absolute atomic E-state index is 0.268. The van der Waals surface area contributed by atoms with E-state index in [0.717, 1.165) is 35.4 Å². The number of aliphatic hydroxyl groups excluding tert-OH is 1. The van der Waals surface area contributed by atoms with Gasteiger partial charge in [-0.05, 0) is 36.5 Å². The Labute approximate surface area is 95.4 Å². The van der Waals surface area contributed by atoms with Gasteiger partial charge in [-0.1, -0.05) is 42.3 Å². The number of benzene rings is 1. The highest BCUT2D eigenvalue weighted by Crippen LogP contribution is 2.27. The molecular weight excluding hydrogens is 208 g/mol. The van der Waals surface area contributed by atoms with Gasteiger partial charge in [-0.2, -0.15) is 0 Å². The molecule has 15 heavy (non-hydrogen) atoms. The summed E-state index contributed by atoms with van der Waals surface area (Å²) in [6.07, 6.45) is 5.94. The van der Waals surface area contributed by atoms with Crippen molar-refractivity contribution < 1.29 is 5.11 Å². The Morgan fingerprint density at radius 3 is 2.80 bits per heavy atom. The first kappa shape index (κ1) is 10.7. The van der Waals surface area contributed by atoms with Gasteiger partial charge >= 0.3 is 0 Å². The quantitative estimate of drug-likeness (QED) is 0.769. The molecule has 1 nitrogen and oxygen atoms in total. The lowest BCUT2D eigenvalue weighted by Gasteiger charge is -2.20. The summed E-state index contributed by atoms with van der Waals surface area (Å²) in [7, 11) is 0. The topological polar surface area (TPSA) is 20.2 Å². The minimum atomic E-state index is -0.268. The largest absolute Gasteiger partial charge is 0.389 e. The maximum absolute atomic E-state index is 9.81. The monoisotopic (exact) mass is 222 g/mol. The third-order valence-corrected chi connectivity index (χ3v) is 3.21. The van der Waals surface area contributed by atoms with Crippen molar-refractivity contribution in [1.82, 2.24) is 0 Å². The summed E-state index contributed by atoms with van der Waals surface area (Å²) in [4.78, 5) is 0. The van der Waals surface area contributed by atoms with Crippen molar-refractivity contribution >= 4 is 17.7 Å². The molecule has 0 radical (unpaired) electrons. The molecule has 2 heteroatoms. The highest BCUT2D eigenvalue weighted by molar-refractivity contribution is 6.32. The minimum Gasteiger partial charge on any atom is -0.389 e. The molecule has 0 saturated heterocycles. The molecule has 1 aromatic rings. The normalized spacial score (nSPS) is 24.4. The highest BCUT2D eigenvalue weighted by Gasteiger charge is 2.15. The van der Waals surface area contributed by atoms with Gasteiger partial charge in [0.2, 0.25) is 0 Å². The number of aliphatic hydroxyl groups is 1. The molecule has 0 spiro atoms.